The standard InChI is InChI=1S/C13H20O2/c1-9-4-6-11(13(9,2)3)10-5-7-12(14)15-8-10/h4,10-11H,5-8H2,1-3H3. The monoisotopic (exact) mass is 208 g/mol. The van der Waals surface area contributed by atoms with Crippen molar-refractivity contribution in [1.29, 1.82) is 0 Å². The summed E-state index contributed by atoms with van der Waals surface area (Å²) in [5.41, 5.74) is 1.78. The minimum atomic E-state index is -0.0215. The molecule has 1 aliphatic carbocycles. The van der Waals surface area contributed by atoms with E-state index >= 15 is 0 Å². The molecule has 0 aromatic rings. The lowest BCUT2D eigenvalue weighted by atomic mass is 9.70. The summed E-state index contributed by atoms with van der Waals surface area (Å²) >= 11 is 0. The number of rotatable bonds is 1. The molecule has 1 saturated heterocycles. The van der Waals surface area contributed by atoms with Crippen LogP contribution in [0.25, 0.3) is 0 Å². The summed E-state index contributed by atoms with van der Waals surface area (Å²) in [4.78, 5) is 11.0. The van der Waals surface area contributed by atoms with Crippen LogP contribution in [-0.4, -0.2) is 12.6 Å². The summed E-state index contributed by atoms with van der Waals surface area (Å²) in [5, 5.41) is 0. The fourth-order valence-corrected chi connectivity index (χ4v) is 2.91. The van der Waals surface area contributed by atoms with Gasteiger partial charge in [-0.15, -0.1) is 0 Å². The predicted molar refractivity (Wildman–Crippen MR) is 59.3 cm³/mol. The molecule has 0 aromatic carbocycles. The molecule has 1 aliphatic heterocycles. The molecule has 0 bridgehead atoms. The number of hydrogen-bond donors (Lipinski definition) is 0. The van der Waals surface area contributed by atoms with Crippen molar-refractivity contribution < 1.29 is 9.53 Å². The molecule has 2 heteroatoms. The van der Waals surface area contributed by atoms with Crippen molar-refractivity contribution in [3.63, 3.8) is 0 Å². The zero-order chi connectivity index (χ0) is 11.1. The second kappa shape index (κ2) is 3.66. The smallest absolute Gasteiger partial charge is 0.305 e. The molecule has 84 valence electrons. The number of cyclic esters (lactones) is 1. The SMILES string of the molecule is CC1=CCC(C2CCC(=O)OC2)C1(C)C. The molecule has 0 radical (unpaired) electrons. The Morgan fingerprint density at radius 3 is 2.67 bits per heavy atom. The van der Waals surface area contributed by atoms with Gasteiger partial charge >= 0.3 is 5.97 Å². The molecule has 15 heavy (non-hydrogen) atoms. The van der Waals surface area contributed by atoms with Gasteiger partial charge in [0, 0.05) is 6.42 Å². The first kappa shape index (κ1) is 10.7. The third-order valence-corrected chi connectivity index (χ3v) is 4.37. The Labute approximate surface area is 91.7 Å². The highest BCUT2D eigenvalue weighted by Crippen LogP contribution is 2.48. The molecular formula is C13H20O2. The van der Waals surface area contributed by atoms with E-state index in [0.717, 1.165) is 12.8 Å². The summed E-state index contributed by atoms with van der Waals surface area (Å²) in [6.07, 6.45) is 5.12. The zero-order valence-electron chi connectivity index (χ0n) is 9.88. The molecule has 0 spiro atoms. The van der Waals surface area contributed by atoms with Gasteiger partial charge in [-0.2, -0.15) is 0 Å². The van der Waals surface area contributed by atoms with Gasteiger partial charge in [0.25, 0.3) is 0 Å². The molecular weight excluding hydrogens is 188 g/mol. The van der Waals surface area contributed by atoms with Crippen molar-refractivity contribution in [2.24, 2.45) is 17.3 Å². The van der Waals surface area contributed by atoms with E-state index < -0.39 is 0 Å². The van der Waals surface area contributed by atoms with Crippen LogP contribution in [0.5, 0.6) is 0 Å². The van der Waals surface area contributed by atoms with Gasteiger partial charge in [-0.3, -0.25) is 4.79 Å². The van der Waals surface area contributed by atoms with Crippen LogP contribution in [0.1, 0.15) is 40.0 Å². The molecule has 1 fully saturated rings. The Balaban J connectivity index is 2.04. The molecule has 0 aromatic heterocycles. The normalized spacial score (nSPS) is 34.9. The van der Waals surface area contributed by atoms with E-state index in [0.29, 0.717) is 24.9 Å². The van der Waals surface area contributed by atoms with Crippen LogP contribution in [0.15, 0.2) is 11.6 Å². The molecule has 2 unspecified atom stereocenters. The highest BCUT2D eigenvalue weighted by Gasteiger charge is 2.41. The maximum Gasteiger partial charge on any atom is 0.305 e. The van der Waals surface area contributed by atoms with Gasteiger partial charge in [-0.05, 0) is 37.0 Å². The quantitative estimate of drug-likeness (QED) is 0.489. The van der Waals surface area contributed by atoms with Crippen LogP contribution >= 0.6 is 0 Å². The van der Waals surface area contributed by atoms with Crippen molar-refractivity contribution in [2.75, 3.05) is 6.61 Å². The number of carbonyl (C=O) groups excluding carboxylic acids is 1. The highest BCUT2D eigenvalue weighted by molar-refractivity contribution is 5.70. The van der Waals surface area contributed by atoms with Gasteiger partial charge in [0.05, 0.1) is 6.61 Å². The van der Waals surface area contributed by atoms with Gasteiger partial charge in [-0.1, -0.05) is 25.5 Å². The molecule has 1 heterocycles. The second-order valence-corrected chi connectivity index (χ2v) is 5.43. The van der Waals surface area contributed by atoms with E-state index in [1.165, 1.54) is 5.57 Å². The summed E-state index contributed by atoms with van der Waals surface area (Å²) < 4.78 is 5.17. The van der Waals surface area contributed by atoms with Crippen LogP contribution in [0.4, 0.5) is 0 Å². The molecule has 2 rings (SSSR count). The molecule has 0 N–H and O–H groups in total. The molecule has 0 amide bonds. The van der Waals surface area contributed by atoms with E-state index in [1.54, 1.807) is 0 Å². The predicted octanol–water partition coefficient (Wildman–Crippen LogP) is 2.93. The van der Waals surface area contributed by atoms with Crippen LogP contribution < -0.4 is 0 Å². The van der Waals surface area contributed by atoms with E-state index in [4.69, 9.17) is 4.74 Å². The fourth-order valence-electron chi connectivity index (χ4n) is 2.91. The first-order chi connectivity index (χ1) is 7.01. The first-order valence-corrected chi connectivity index (χ1v) is 5.84. The topological polar surface area (TPSA) is 26.3 Å². The summed E-state index contributed by atoms with van der Waals surface area (Å²) in [6.45, 7) is 7.47. The summed E-state index contributed by atoms with van der Waals surface area (Å²) in [6, 6.07) is 0. The van der Waals surface area contributed by atoms with Gasteiger partial charge in [0.1, 0.15) is 0 Å². The summed E-state index contributed by atoms with van der Waals surface area (Å²) in [7, 11) is 0. The van der Waals surface area contributed by atoms with E-state index in [2.05, 4.69) is 26.8 Å². The van der Waals surface area contributed by atoms with Crippen molar-refractivity contribution in [2.45, 2.75) is 40.0 Å². The molecule has 2 atom stereocenters. The van der Waals surface area contributed by atoms with Gasteiger partial charge in [0.2, 0.25) is 0 Å². The van der Waals surface area contributed by atoms with Crippen molar-refractivity contribution in [3.05, 3.63) is 11.6 Å². The lowest BCUT2D eigenvalue weighted by Gasteiger charge is -2.37. The van der Waals surface area contributed by atoms with Crippen molar-refractivity contribution in [3.8, 4) is 0 Å². The third kappa shape index (κ3) is 1.82. The maximum atomic E-state index is 11.0. The van der Waals surface area contributed by atoms with Crippen LogP contribution in [0.3, 0.4) is 0 Å². The Morgan fingerprint density at radius 2 is 2.20 bits per heavy atom. The number of esters is 1. The van der Waals surface area contributed by atoms with Crippen LogP contribution in [-0.2, 0) is 9.53 Å². The Bertz CT molecular complexity index is 292. The van der Waals surface area contributed by atoms with E-state index in [1.807, 2.05) is 0 Å². The van der Waals surface area contributed by atoms with Gasteiger partial charge in [-0.25, -0.2) is 0 Å². The number of allylic oxidation sites excluding steroid dienone is 2. The van der Waals surface area contributed by atoms with Crippen LogP contribution in [0, 0.1) is 17.3 Å². The highest BCUT2D eigenvalue weighted by atomic mass is 16.5. The molecule has 2 aliphatic rings. The van der Waals surface area contributed by atoms with E-state index in [9.17, 15) is 4.79 Å². The van der Waals surface area contributed by atoms with Gasteiger partial charge < -0.3 is 4.74 Å². The van der Waals surface area contributed by atoms with Crippen molar-refractivity contribution >= 4 is 5.97 Å². The summed E-state index contributed by atoms with van der Waals surface area (Å²) in [5.74, 6) is 1.20. The number of hydrogen-bond acceptors (Lipinski definition) is 2. The Kier molecular flexibility index (Phi) is 2.61. The lowest BCUT2D eigenvalue weighted by Crippen LogP contribution is -2.34. The zero-order valence-corrected chi connectivity index (χ0v) is 9.88. The first-order valence-electron chi connectivity index (χ1n) is 5.84. The number of carbonyl (C=O) groups is 1. The Hall–Kier alpha value is -0.790. The fraction of sp³-hybridized carbons (Fsp3) is 0.769. The average molecular weight is 208 g/mol. The maximum absolute atomic E-state index is 11.0. The Morgan fingerprint density at radius 1 is 1.47 bits per heavy atom. The second-order valence-electron chi connectivity index (χ2n) is 5.43. The van der Waals surface area contributed by atoms with Gasteiger partial charge in [0.15, 0.2) is 0 Å². The molecule has 0 saturated carbocycles. The lowest BCUT2D eigenvalue weighted by molar-refractivity contribution is -0.151. The van der Waals surface area contributed by atoms with Crippen LogP contribution in [0.2, 0.25) is 0 Å². The average Bonchev–Trinajstić information content (AvgIpc) is 2.44. The van der Waals surface area contributed by atoms with Crippen molar-refractivity contribution in [1.82, 2.24) is 0 Å². The largest absolute Gasteiger partial charge is 0.465 e. The van der Waals surface area contributed by atoms with E-state index in [-0.39, 0.29) is 11.4 Å². The third-order valence-electron chi connectivity index (χ3n) is 4.37. The number of ether oxygens (including phenoxy) is 1. The molecule has 2 nitrogen and oxygen atoms in total. The minimum absolute atomic E-state index is 0.0215. The minimum Gasteiger partial charge on any atom is -0.465 e.